The number of benzene rings is 1. The van der Waals surface area contributed by atoms with Crippen LogP contribution in [-0.4, -0.2) is 41.9 Å². The van der Waals surface area contributed by atoms with Gasteiger partial charge in [-0.2, -0.15) is 5.26 Å². The van der Waals surface area contributed by atoms with Gasteiger partial charge in [0.05, 0.1) is 10.9 Å². The maximum absolute atomic E-state index is 13.1. The van der Waals surface area contributed by atoms with E-state index in [-0.39, 0.29) is 11.7 Å². The predicted octanol–water partition coefficient (Wildman–Crippen LogP) is 3.22. The topological polar surface area (TPSA) is 47.3 Å². The number of carbonyl (C=O) groups is 1. The van der Waals surface area contributed by atoms with Crippen LogP contribution < -0.4 is 0 Å². The number of nitrogens with zero attached hydrogens (tertiary/aromatic N) is 3. The Kier molecular flexibility index (Phi) is 4.93. The molecule has 0 N–H and O–H groups in total. The zero-order valence-electron chi connectivity index (χ0n) is 13.4. The number of nitriles is 1. The van der Waals surface area contributed by atoms with Crippen molar-refractivity contribution in [2.75, 3.05) is 26.2 Å². The Balaban J connectivity index is 1.64. The minimum absolute atomic E-state index is 0.0584. The monoisotopic (exact) mass is 343 g/mol. The highest BCUT2D eigenvalue weighted by molar-refractivity contribution is 7.13. The van der Waals surface area contributed by atoms with E-state index in [4.69, 9.17) is 0 Å². The van der Waals surface area contributed by atoms with E-state index >= 15 is 0 Å². The number of carbonyl (C=O) groups excluding carboxylic acids is 1. The van der Waals surface area contributed by atoms with Gasteiger partial charge in [-0.25, -0.2) is 4.39 Å². The van der Waals surface area contributed by atoms with Gasteiger partial charge in [-0.15, -0.1) is 11.3 Å². The third kappa shape index (κ3) is 3.48. The second kappa shape index (κ2) is 7.12. The van der Waals surface area contributed by atoms with E-state index in [1.54, 1.807) is 12.1 Å². The molecule has 1 aromatic carbocycles. The minimum atomic E-state index is -0.410. The Morgan fingerprint density at radius 3 is 2.38 bits per heavy atom. The van der Waals surface area contributed by atoms with Crippen molar-refractivity contribution in [1.82, 2.24) is 9.80 Å². The molecule has 1 aliphatic rings. The van der Waals surface area contributed by atoms with Gasteiger partial charge in [0, 0.05) is 31.1 Å². The fourth-order valence-electron chi connectivity index (χ4n) is 2.90. The van der Waals surface area contributed by atoms with Crippen LogP contribution in [0.1, 0.15) is 26.2 Å². The third-order valence-corrected chi connectivity index (χ3v) is 5.21. The Bertz CT molecular complexity index is 757. The fourth-order valence-corrected chi connectivity index (χ4v) is 3.74. The van der Waals surface area contributed by atoms with Crippen molar-refractivity contribution >= 4 is 17.2 Å². The van der Waals surface area contributed by atoms with Gasteiger partial charge in [0.15, 0.2) is 0 Å². The summed E-state index contributed by atoms with van der Waals surface area (Å²) in [6.07, 6.45) is 0. The molecule has 3 rings (SSSR count). The van der Waals surface area contributed by atoms with Crippen LogP contribution in [0.2, 0.25) is 0 Å². The van der Waals surface area contributed by atoms with Gasteiger partial charge in [0.1, 0.15) is 11.9 Å². The van der Waals surface area contributed by atoms with Crippen molar-refractivity contribution in [1.29, 1.82) is 5.26 Å². The summed E-state index contributed by atoms with van der Waals surface area (Å²) >= 11 is 1.51. The molecule has 0 spiro atoms. The second-order valence-electron chi connectivity index (χ2n) is 5.82. The SMILES string of the molecule is Cc1ccc(C(=O)N2CCN([C@H](C#N)c3ccc(F)cc3)CC2)s1. The molecular formula is C18H18FN3OS. The summed E-state index contributed by atoms with van der Waals surface area (Å²) in [5.74, 6) is -0.250. The average Bonchev–Trinajstić information content (AvgIpc) is 3.04. The van der Waals surface area contributed by atoms with E-state index in [1.165, 1.54) is 23.5 Å². The maximum atomic E-state index is 13.1. The Morgan fingerprint density at radius 1 is 1.17 bits per heavy atom. The molecule has 24 heavy (non-hydrogen) atoms. The van der Waals surface area contributed by atoms with Crippen molar-refractivity contribution < 1.29 is 9.18 Å². The normalized spacial score (nSPS) is 16.6. The standard InChI is InChI=1S/C18H18FN3OS/c1-13-2-7-17(24-13)18(23)22-10-8-21(9-11-22)16(12-20)14-3-5-15(19)6-4-14/h2-7,16H,8-11H2,1H3/t16-/m1/s1. The number of hydrogen-bond donors (Lipinski definition) is 0. The molecule has 1 aromatic heterocycles. The summed E-state index contributed by atoms with van der Waals surface area (Å²) in [6, 6.07) is 11.7. The highest BCUT2D eigenvalue weighted by atomic mass is 32.1. The second-order valence-corrected chi connectivity index (χ2v) is 7.11. The summed E-state index contributed by atoms with van der Waals surface area (Å²) in [5, 5.41) is 9.49. The summed E-state index contributed by atoms with van der Waals surface area (Å²) in [5.41, 5.74) is 0.785. The van der Waals surface area contributed by atoms with Crippen LogP contribution in [0.5, 0.6) is 0 Å². The van der Waals surface area contributed by atoms with Gasteiger partial charge in [-0.1, -0.05) is 12.1 Å². The lowest BCUT2D eigenvalue weighted by Crippen LogP contribution is -2.49. The van der Waals surface area contributed by atoms with E-state index in [9.17, 15) is 14.4 Å². The molecule has 0 radical (unpaired) electrons. The number of aryl methyl sites for hydroxylation is 1. The van der Waals surface area contributed by atoms with Crippen LogP contribution in [0.25, 0.3) is 0 Å². The lowest BCUT2D eigenvalue weighted by atomic mass is 10.1. The molecule has 124 valence electrons. The Labute approximate surface area is 144 Å². The largest absolute Gasteiger partial charge is 0.335 e. The van der Waals surface area contributed by atoms with Crippen LogP contribution in [0, 0.1) is 24.1 Å². The molecule has 1 atom stereocenters. The molecule has 0 unspecified atom stereocenters. The Morgan fingerprint density at radius 2 is 1.83 bits per heavy atom. The zero-order valence-corrected chi connectivity index (χ0v) is 14.2. The fraction of sp³-hybridized carbons (Fsp3) is 0.333. The first-order chi connectivity index (χ1) is 11.6. The van der Waals surface area contributed by atoms with Gasteiger partial charge < -0.3 is 4.90 Å². The summed E-state index contributed by atoms with van der Waals surface area (Å²) in [4.78, 5) is 18.2. The first-order valence-electron chi connectivity index (χ1n) is 7.83. The van der Waals surface area contributed by atoms with E-state index in [0.717, 1.165) is 15.3 Å². The maximum Gasteiger partial charge on any atom is 0.264 e. The molecule has 0 bridgehead atoms. The molecule has 0 saturated carbocycles. The quantitative estimate of drug-likeness (QED) is 0.860. The number of amides is 1. The van der Waals surface area contributed by atoms with Crippen molar-refractivity contribution in [3.63, 3.8) is 0 Å². The number of hydrogen-bond acceptors (Lipinski definition) is 4. The number of thiophene rings is 1. The van der Waals surface area contributed by atoms with E-state index in [2.05, 4.69) is 6.07 Å². The predicted molar refractivity (Wildman–Crippen MR) is 91.3 cm³/mol. The first kappa shape index (κ1) is 16.6. The van der Waals surface area contributed by atoms with Crippen molar-refractivity contribution in [2.24, 2.45) is 0 Å². The van der Waals surface area contributed by atoms with Crippen LogP contribution in [0.3, 0.4) is 0 Å². The lowest BCUT2D eigenvalue weighted by Gasteiger charge is -2.36. The number of halogens is 1. The number of rotatable bonds is 3. The molecular weight excluding hydrogens is 325 g/mol. The van der Waals surface area contributed by atoms with E-state index < -0.39 is 6.04 Å². The average molecular weight is 343 g/mol. The lowest BCUT2D eigenvalue weighted by molar-refractivity contribution is 0.0611. The molecule has 1 saturated heterocycles. The molecule has 1 fully saturated rings. The molecule has 4 nitrogen and oxygen atoms in total. The highest BCUT2D eigenvalue weighted by Crippen LogP contribution is 2.23. The van der Waals surface area contributed by atoms with Crippen molar-refractivity contribution in [3.05, 3.63) is 57.5 Å². The summed E-state index contributed by atoms with van der Waals surface area (Å²) < 4.78 is 13.1. The van der Waals surface area contributed by atoms with Gasteiger partial charge in [-0.3, -0.25) is 9.69 Å². The van der Waals surface area contributed by atoms with Gasteiger partial charge in [0.25, 0.3) is 5.91 Å². The molecule has 2 heterocycles. The highest BCUT2D eigenvalue weighted by Gasteiger charge is 2.27. The van der Waals surface area contributed by atoms with Gasteiger partial charge in [-0.05, 0) is 36.8 Å². The first-order valence-corrected chi connectivity index (χ1v) is 8.65. The van der Waals surface area contributed by atoms with E-state index in [0.29, 0.717) is 26.2 Å². The molecule has 6 heteroatoms. The zero-order chi connectivity index (χ0) is 17.1. The van der Waals surface area contributed by atoms with Crippen molar-refractivity contribution in [2.45, 2.75) is 13.0 Å². The van der Waals surface area contributed by atoms with Crippen LogP contribution in [0.15, 0.2) is 36.4 Å². The molecule has 0 aliphatic carbocycles. The smallest absolute Gasteiger partial charge is 0.264 e. The van der Waals surface area contributed by atoms with E-state index in [1.807, 2.05) is 28.9 Å². The number of piperazine rings is 1. The Hall–Kier alpha value is -2.23. The van der Waals surface area contributed by atoms with Crippen LogP contribution >= 0.6 is 11.3 Å². The van der Waals surface area contributed by atoms with Gasteiger partial charge in [0.2, 0.25) is 0 Å². The molecule has 1 amide bonds. The molecule has 1 aliphatic heterocycles. The third-order valence-electron chi connectivity index (χ3n) is 4.23. The minimum Gasteiger partial charge on any atom is -0.335 e. The molecule has 2 aromatic rings. The summed E-state index contributed by atoms with van der Waals surface area (Å²) in [7, 11) is 0. The van der Waals surface area contributed by atoms with Crippen LogP contribution in [-0.2, 0) is 0 Å². The van der Waals surface area contributed by atoms with Gasteiger partial charge >= 0.3 is 0 Å². The van der Waals surface area contributed by atoms with Crippen LogP contribution in [0.4, 0.5) is 4.39 Å². The summed E-state index contributed by atoms with van der Waals surface area (Å²) in [6.45, 7) is 4.43. The van der Waals surface area contributed by atoms with Crippen molar-refractivity contribution in [3.8, 4) is 6.07 Å².